The second-order valence-corrected chi connectivity index (χ2v) is 4.62. The molecule has 0 saturated carbocycles. The maximum absolute atomic E-state index is 12.7. The molecule has 0 aliphatic rings. The summed E-state index contributed by atoms with van der Waals surface area (Å²) in [5, 5.41) is 12.0. The minimum absolute atomic E-state index is 0.221. The molecule has 9 heteroatoms. The Hall–Kier alpha value is -2.29. The molecule has 0 aliphatic heterocycles. The van der Waals surface area contributed by atoms with Crippen molar-refractivity contribution in [3.8, 4) is 0 Å². The number of halogens is 6. The van der Waals surface area contributed by atoms with Crippen LogP contribution in [-0.4, -0.2) is 22.4 Å². The van der Waals surface area contributed by atoms with Gasteiger partial charge in [0.2, 0.25) is 0 Å². The van der Waals surface area contributed by atoms with E-state index in [1.807, 2.05) is 0 Å². The molecule has 0 amide bonds. The number of aliphatic hydroxyl groups is 1. The summed E-state index contributed by atoms with van der Waals surface area (Å²) in [5.74, 6) is 0.363. The molecule has 2 rings (SSSR count). The molecule has 0 aliphatic carbocycles. The van der Waals surface area contributed by atoms with Gasteiger partial charge in [-0.25, -0.2) is 4.98 Å². The van der Waals surface area contributed by atoms with Crippen LogP contribution >= 0.6 is 0 Å². The van der Waals surface area contributed by atoms with Crippen molar-refractivity contribution in [3.05, 3.63) is 54.2 Å². The van der Waals surface area contributed by atoms with Gasteiger partial charge < -0.3 is 10.4 Å². The standard InChI is InChI=1S/C14H10F6N2O/c15-13(16,17)12(23,14(18,19)20)9-4-6-10(7-5-9)22-11-3-1-2-8-21-11/h1-8,23H,(H,21,22). The Morgan fingerprint density at radius 3 is 1.83 bits per heavy atom. The Balaban J connectivity index is 2.34. The summed E-state index contributed by atoms with van der Waals surface area (Å²) in [6, 6.07) is 7.96. The molecule has 1 aromatic heterocycles. The Bertz CT molecular complexity index is 638. The van der Waals surface area contributed by atoms with Crippen LogP contribution in [0.2, 0.25) is 0 Å². The lowest BCUT2D eigenvalue weighted by Crippen LogP contribution is -2.53. The van der Waals surface area contributed by atoms with E-state index in [1.165, 1.54) is 6.20 Å². The van der Waals surface area contributed by atoms with Crippen LogP contribution in [-0.2, 0) is 5.60 Å². The van der Waals surface area contributed by atoms with Gasteiger partial charge in [0.05, 0.1) is 0 Å². The van der Waals surface area contributed by atoms with E-state index in [0.717, 1.165) is 12.1 Å². The number of aromatic nitrogens is 1. The van der Waals surface area contributed by atoms with E-state index >= 15 is 0 Å². The molecule has 0 radical (unpaired) electrons. The first-order chi connectivity index (χ1) is 10.6. The minimum Gasteiger partial charge on any atom is -0.369 e. The summed E-state index contributed by atoms with van der Waals surface area (Å²) in [6.45, 7) is 0. The molecule has 1 aromatic carbocycles. The van der Waals surface area contributed by atoms with Gasteiger partial charge in [-0.15, -0.1) is 0 Å². The van der Waals surface area contributed by atoms with Crippen molar-refractivity contribution in [2.24, 2.45) is 0 Å². The fourth-order valence-corrected chi connectivity index (χ4v) is 1.87. The fraction of sp³-hybridized carbons (Fsp3) is 0.214. The molecule has 23 heavy (non-hydrogen) atoms. The second kappa shape index (κ2) is 5.73. The predicted molar refractivity (Wildman–Crippen MR) is 70.0 cm³/mol. The Morgan fingerprint density at radius 1 is 0.826 bits per heavy atom. The van der Waals surface area contributed by atoms with Gasteiger partial charge in [0.1, 0.15) is 5.82 Å². The number of rotatable bonds is 3. The summed E-state index contributed by atoms with van der Waals surface area (Å²) in [4.78, 5) is 3.90. The van der Waals surface area contributed by atoms with Gasteiger partial charge in [-0.3, -0.25) is 0 Å². The van der Waals surface area contributed by atoms with E-state index in [0.29, 0.717) is 18.0 Å². The SMILES string of the molecule is OC(c1ccc(Nc2ccccn2)cc1)(C(F)(F)F)C(F)(F)F. The lowest BCUT2D eigenvalue weighted by atomic mass is 9.92. The lowest BCUT2D eigenvalue weighted by molar-refractivity contribution is -0.376. The van der Waals surface area contributed by atoms with Crippen LogP contribution in [0.4, 0.5) is 37.8 Å². The van der Waals surface area contributed by atoms with Crippen molar-refractivity contribution >= 4 is 11.5 Å². The highest BCUT2D eigenvalue weighted by atomic mass is 19.4. The molecule has 2 aromatic rings. The van der Waals surface area contributed by atoms with Crippen LogP contribution < -0.4 is 5.32 Å². The van der Waals surface area contributed by atoms with Crippen LogP contribution in [0, 0.1) is 0 Å². The third kappa shape index (κ3) is 3.24. The zero-order chi connectivity index (χ0) is 17.3. The third-order valence-electron chi connectivity index (χ3n) is 3.06. The summed E-state index contributed by atoms with van der Waals surface area (Å²) in [7, 11) is 0. The number of hydrogen-bond acceptors (Lipinski definition) is 3. The summed E-state index contributed by atoms with van der Waals surface area (Å²) in [6.07, 6.45) is -10.3. The molecule has 2 N–H and O–H groups in total. The average Bonchev–Trinajstić information content (AvgIpc) is 2.46. The molecule has 0 atom stereocenters. The zero-order valence-electron chi connectivity index (χ0n) is 11.3. The fourth-order valence-electron chi connectivity index (χ4n) is 1.87. The number of nitrogens with zero attached hydrogens (tertiary/aromatic N) is 1. The molecule has 124 valence electrons. The number of nitrogens with one attached hydrogen (secondary N) is 1. The van der Waals surface area contributed by atoms with Crippen LogP contribution in [0.5, 0.6) is 0 Å². The average molecular weight is 336 g/mol. The van der Waals surface area contributed by atoms with Gasteiger partial charge in [-0.2, -0.15) is 26.3 Å². The van der Waals surface area contributed by atoms with E-state index in [9.17, 15) is 31.4 Å². The Labute approximate surface area is 126 Å². The van der Waals surface area contributed by atoms with E-state index < -0.39 is 23.5 Å². The molecule has 0 saturated heterocycles. The molecule has 0 unspecified atom stereocenters. The maximum Gasteiger partial charge on any atom is 0.430 e. The van der Waals surface area contributed by atoms with E-state index in [1.54, 1.807) is 18.2 Å². The monoisotopic (exact) mass is 336 g/mol. The van der Waals surface area contributed by atoms with Gasteiger partial charge in [0.25, 0.3) is 5.60 Å². The third-order valence-corrected chi connectivity index (χ3v) is 3.06. The van der Waals surface area contributed by atoms with Crippen molar-refractivity contribution in [1.82, 2.24) is 4.98 Å². The van der Waals surface area contributed by atoms with Crippen molar-refractivity contribution in [3.63, 3.8) is 0 Å². The van der Waals surface area contributed by atoms with Crippen LogP contribution in [0.1, 0.15) is 5.56 Å². The van der Waals surface area contributed by atoms with Crippen LogP contribution in [0.25, 0.3) is 0 Å². The van der Waals surface area contributed by atoms with Crippen molar-refractivity contribution in [1.29, 1.82) is 0 Å². The van der Waals surface area contributed by atoms with Crippen molar-refractivity contribution in [2.75, 3.05) is 5.32 Å². The van der Waals surface area contributed by atoms with Gasteiger partial charge in [-0.05, 0) is 24.3 Å². The first-order valence-electron chi connectivity index (χ1n) is 6.20. The highest BCUT2D eigenvalue weighted by Gasteiger charge is 2.71. The molecular formula is C14H10F6N2O. The van der Waals surface area contributed by atoms with Crippen LogP contribution in [0.15, 0.2) is 48.7 Å². The molecule has 0 spiro atoms. The maximum atomic E-state index is 12.7. The summed E-state index contributed by atoms with van der Waals surface area (Å²) in [5.41, 5.74) is -6.02. The molecule has 0 bridgehead atoms. The molecule has 3 nitrogen and oxygen atoms in total. The smallest absolute Gasteiger partial charge is 0.369 e. The molecular weight excluding hydrogens is 326 g/mol. The number of benzene rings is 1. The molecule has 0 fully saturated rings. The lowest BCUT2D eigenvalue weighted by Gasteiger charge is -2.32. The van der Waals surface area contributed by atoms with Gasteiger partial charge >= 0.3 is 12.4 Å². The zero-order valence-corrected chi connectivity index (χ0v) is 11.3. The van der Waals surface area contributed by atoms with E-state index in [4.69, 9.17) is 0 Å². The minimum atomic E-state index is -5.90. The topological polar surface area (TPSA) is 45.1 Å². The van der Waals surface area contributed by atoms with Gasteiger partial charge in [0, 0.05) is 17.4 Å². The summed E-state index contributed by atoms with van der Waals surface area (Å²) >= 11 is 0. The molecule has 1 heterocycles. The number of pyridine rings is 1. The normalized spacial score (nSPS) is 13.0. The highest BCUT2D eigenvalue weighted by Crippen LogP contribution is 2.50. The Morgan fingerprint density at radius 2 is 1.39 bits per heavy atom. The Kier molecular flexibility index (Phi) is 4.25. The quantitative estimate of drug-likeness (QED) is 0.828. The van der Waals surface area contributed by atoms with Crippen molar-refractivity contribution in [2.45, 2.75) is 18.0 Å². The highest BCUT2D eigenvalue weighted by molar-refractivity contribution is 5.56. The first-order valence-corrected chi connectivity index (χ1v) is 6.20. The number of anilines is 2. The largest absolute Gasteiger partial charge is 0.430 e. The first kappa shape index (κ1) is 17.1. The van der Waals surface area contributed by atoms with Gasteiger partial charge in [0.15, 0.2) is 0 Å². The summed E-state index contributed by atoms with van der Waals surface area (Å²) < 4.78 is 76.4. The van der Waals surface area contributed by atoms with Crippen LogP contribution in [0.3, 0.4) is 0 Å². The predicted octanol–water partition coefficient (Wildman–Crippen LogP) is 4.14. The van der Waals surface area contributed by atoms with E-state index in [-0.39, 0.29) is 5.69 Å². The number of hydrogen-bond donors (Lipinski definition) is 2. The van der Waals surface area contributed by atoms with Crippen molar-refractivity contribution < 1.29 is 31.4 Å². The second-order valence-electron chi connectivity index (χ2n) is 4.62. The van der Waals surface area contributed by atoms with Gasteiger partial charge in [-0.1, -0.05) is 18.2 Å². The van der Waals surface area contributed by atoms with E-state index in [2.05, 4.69) is 10.3 Å². The number of alkyl halides is 6.